The number of β-amino-alcohol motifs (C(OH)–C–C–N with tert-alkyl or cyclic N) is 1. The summed E-state index contributed by atoms with van der Waals surface area (Å²) in [5, 5.41) is 10.1. The van der Waals surface area contributed by atoms with Crippen molar-refractivity contribution in [2.24, 2.45) is 0 Å². The molecule has 0 aliphatic carbocycles. The summed E-state index contributed by atoms with van der Waals surface area (Å²) in [5.74, 6) is 2.01. The van der Waals surface area contributed by atoms with Gasteiger partial charge in [0.15, 0.2) is 0 Å². The van der Waals surface area contributed by atoms with Crippen LogP contribution in [0, 0.1) is 0 Å². The standard InChI is InChI=1S/C17H24N4O4/c1-23-16-4-5-18-17(19-16)21-8-6-20(7-9-21)11-14(22)12-24-13-15-3-2-10-25-15/h2-5,10,14,22H,6-9,11-13H2,1H3/t14-/m1/s1. The van der Waals surface area contributed by atoms with Crippen LogP contribution in [0.4, 0.5) is 5.95 Å². The summed E-state index contributed by atoms with van der Waals surface area (Å²) < 4.78 is 15.8. The van der Waals surface area contributed by atoms with Gasteiger partial charge in [-0.1, -0.05) is 0 Å². The fourth-order valence-electron chi connectivity index (χ4n) is 2.77. The van der Waals surface area contributed by atoms with Crippen LogP contribution >= 0.6 is 0 Å². The molecule has 1 aliphatic heterocycles. The molecule has 0 amide bonds. The third kappa shape index (κ3) is 5.15. The summed E-state index contributed by atoms with van der Waals surface area (Å²) in [6, 6.07) is 5.41. The lowest BCUT2D eigenvalue weighted by Crippen LogP contribution is -2.49. The van der Waals surface area contributed by atoms with E-state index < -0.39 is 6.10 Å². The van der Waals surface area contributed by atoms with E-state index in [9.17, 15) is 5.11 Å². The van der Waals surface area contributed by atoms with Crippen molar-refractivity contribution in [1.82, 2.24) is 14.9 Å². The number of anilines is 1. The van der Waals surface area contributed by atoms with E-state index in [0.717, 1.165) is 31.9 Å². The first-order chi connectivity index (χ1) is 12.2. The number of methoxy groups -OCH3 is 1. The van der Waals surface area contributed by atoms with E-state index in [1.165, 1.54) is 0 Å². The van der Waals surface area contributed by atoms with Crippen molar-refractivity contribution in [2.75, 3.05) is 51.3 Å². The minimum absolute atomic E-state index is 0.292. The largest absolute Gasteiger partial charge is 0.481 e. The molecule has 0 spiro atoms. The molecule has 2 aromatic heterocycles. The second-order valence-electron chi connectivity index (χ2n) is 5.93. The maximum atomic E-state index is 10.1. The van der Waals surface area contributed by atoms with E-state index in [2.05, 4.69) is 19.8 Å². The Morgan fingerprint density at radius 2 is 2.12 bits per heavy atom. The molecule has 1 aliphatic rings. The average Bonchev–Trinajstić information content (AvgIpc) is 3.16. The first kappa shape index (κ1) is 17.7. The maximum absolute atomic E-state index is 10.1. The van der Waals surface area contributed by atoms with E-state index in [1.807, 2.05) is 12.1 Å². The molecule has 3 heterocycles. The Morgan fingerprint density at radius 3 is 2.84 bits per heavy atom. The molecule has 1 N–H and O–H groups in total. The molecule has 0 saturated carbocycles. The van der Waals surface area contributed by atoms with Gasteiger partial charge in [0.25, 0.3) is 0 Å². The summed E-state index contributed by atoms with van der Waals surface area (Å²) in [6.45, 7) is 4.57. The Kier molecular flexibility index (Phi) is 6.21. The smallest absolute Gasteiger partial charge is 0.228 e. The van der Waals surface area contributed by atoms with Crippen molar-refractivity contribution in [3.63, 3.8) is 0 Å². The fraction of sp³-hybridized carbons (Fsp3) is 0.529. The molecule has 8 nitrogen and oxygen atoms in total. The number of piperazine rings is 1. The maximum Gasteiger partial charge on any atom is 0.228 e. The summed E-state index contributed by atoms with van der Waals surface area (Å²) in [7, 11) is 1.60. The summed E-state index contributed by atoms with van der Waals surface area (Å²) in [5.41, 5.74) is 0. The highest BCUT2D eigenvalue weighted by Gasteiger charge is 2.21. The summed E-state index contributed by atoms with van der Waals surface area (Å²) in [6.07, 6.45) is 2.79. The Balaban J connectivity index is 1.38. The van der Waals surface area contributed by atoms with Gasteiger partial charge in [0.1, 0.15) is 12.4 Å². The van der Waals surface area contributed by atoms with Gasteiger partial charge in [-0.25, -0.2) is 4.98 Å². The van der Waals surface area contributed by atoms with Crippen LogP contribution in [0.1, 0.15) is 5.76 Å². The van der Waals surface area contributed by atoms with E-state index >= 15 is 0 Å². The lowest BCUT2D eigenvalue weighted by Gasteiger charge is -2.35. The SMILES string of the molecule is COc1ccnc(N2CCN(C[C@@H](O)COCc3ccco3)CC2)n1. The third-order valence-corrected chi connectivity index (χ3v) is 4.09. The number of nitrogens with zero attached hydrogens (tertiary/aromatic N) is 4. The molecule has 8 heteroatoms. The predicted octanol–water partition coefficient (Wildman–Crippen LogP) is 0.778. The summed E-state index contributed by atoms with van der Waals surface area (Å²) >= 11 is 0. The fourth-order valence-corrected chi connectivity index (χ4v) is 2.77. The van der Waals surface area contributed by atoms with Crippen molar-refractivity contribution in [3.8, 4) is 5.88 Å². The topological polar surface area (TPSA) is 84.1 Å². The molecule has 136 valence electrons. The van der Waals surface area contributed by atoms with Crippen molar-refractivity contribution in [3.05, 3.63) is 36.4 Å². The van der Waals surface area contributed by atoms with E-state index in [1.54, 1.807) is 25.6 Å². The average molecular weight is 348 g/mol. The molecule has 0 radical (unpaired) electrons. The van der Waals surface area contributed by atoms with Gasteiger partial charge in [0.05, 0.1) is 26.1 Å². The minimum atomic E-state index is -0.519. The number of ether oxygens (including phenoxy) is 2. The zero-order valence-corrected chi connectivity index (χ0v) is 14.4. The number of rotatable bonds is 8. The second kappa shape index (κ2) is 8.80. The molecule has 0 bridgehead atoms. The van der Waals surface area contributed by atoms with Gasteiger partial charge in [-0.2, -0.15) is 4.98 Å². The number of hydrogen-bond acceptors (Lipinski definition) is 8. The highest BCUT2D eigenvalue weighted by molar-refractivity contribution is 5.32. The second-order valence-corrected chi connectivity index (χ2v) is 5.93. The van der Waals surface area contributed by atoms with Crippen LogP contribution in [0.25, 0.3) is 0 Å². The van der Waals surface area contributed by atoms with Crippen LogP contribution in [0.5, 0.6) is 5.88 Å². The molecule has 25 heavy (non-hydrogen) atoms. The minimum Gasteiger partial charge on any atom is -0.481 e. The highest BCUT2D eigenvalue weighted by atomic mass is 16.5. The van der Waals surface area contributed by atoms with Gasteiger partial charge >= 0.3 is 0 Å². The Hall–Kier alpha value is -2.16. The number of aromatic nitrogens is 2. The monoisotopic (exact) mass is 348 g/mol. The summed E-state index contributed by atoms with van der Waals surface area (Å²) in [4.78, 5) is 13.0. The van der Waals surface area contributed by atoms with E-state index in [0.29, 0.717) is 31.6 Å². The number of aliphatic hydroxyl groups excluding tert-OH is 1. The zero-order valence-electron chi connectivity index (χ0n) is 14.4. The molecular formula is C17H24N4O4. The van der Waals surface area contributed by atoms with Crippen LogP contribution in [0.15, 0.2) is 35.1 Å². The Morgan fingerprint density at radius 1 is 1.28 bits per heavy atom. The van der Waals surface area contributed by atoms with Gasteiger partial charge in [-0.15, -0.1) is 0 Å². The van der Waals surface area contributed by atoms with Gasteiger partial charge in [0.2, 0.25) is 11.8 Å². The van der Waals surface area contributed by atoms with Crippen molar-refractivity contribution < 1.29 is 19.0 Å². The van der Waals surface area contributed by atoms with Crippen LogP contribution in [0.3, 0.4) is 0 Å². The van der Waals surface area contributed by atoms with Crippen LogP contribution in [-0.4, -0.2) is 72.5 Å². The Bertz CT molecular complexity index is 629. The molecule has 0 unspecified atom stereocenters. The first-order valence-electron chi connectivity index (χ1n) is 8.37. The lowest BCUT2D eigenvalue weighted by atomic mass is 10.2. The number of furan rings is 1. The first-order valence-corrected chi connectivity index (χ1v) is 8.37. The lowest BCUT2D eigenvalue weighted by molar-refractivity contribution is 0.00438. The van der Waals surface area contributed by atoms with Crippen LogP contribution in [-0.2, 0) is 11.3 Å². The van der Waals surface area contributed by atoms with Gasteiger partial charge in [-0.3, -0.25) is 4.90 Å². The predicted molar refractivity (Wildman–Crippen MR) is 91.6 cm³/mol. The molecule has 1 atom stereocenters. The molecule has 1 fully saturated rings. The molecule has 3 rings (SSSR count). The molecular weight excluding hydrogens is 324 g/mol. The van der Waals surface area contributed by atoms with Crippen molar-refractivity contribution in [1.29, 1.82) is 0 Å². The highest BCUT2D eigenvalue weighted by Crippen LogP contribution is 2.14. The van der Waals surface area contributed by atoms with Gasteiger partial charge in [-0.05, 0) is 12.1 Å². The molecule has 1 saturated heterocycles. The number of hydrogen-bond donors (Lipinski definition) is 1. The molecule has 0 aromatic carbocycles. The zero-order chi connectivity index (χ0) is 17.5. The van der Waals surface area contributed by atoms with E-state index in [4.69, 9.17) is 13.9 Å². The third-order valence-electron chi connectivity index (χ3n) is 4.09. The van der Waals surface area contributed by atoms with Crippen LogP contribution < -0.4 is 9.64 Å². The van der Waals surface area contributed by atoms with Crippen molar-refractivity contribution >= 4 is 5.95 Å². The number of aliphatic hydroxyl groups is 1. The van der Waals surface area contributed by atoms with Gasteiger partial charge in [0, 0.05) is 45.0 Å². The quantitative estimate of drug-likeness (QED) is 0.749. The normalized spacial score (nSPS) is 16.8. The van der Waals surface area contributed by atoms with Gasteiger partial charge < -0.3 is 23.9 Å². The van der Waals surface area contributed by atoms with E-state index in [-0.39, 0.29) is 0 Å². The molecule has 2 aromatic rings. The Labute approximate surface area is 147 Å². The van der Waals surface area contributed by atoms with Crippen molar-refractivity contribution in [2.45, 2.75) is 12.7 Å². The van der Waals surface area contributed by atoms with Crippen LogP contribution in [0.2, 0.25) is 0 Å².